The number of ether oxygens (including phenoxy) is 2. The van der Waals surface area contributed by atoms with Gasteiger partial charge in [-0.15, -0.1) is 0 Å². The monoisotopic (exact) mass is 376 g/mol. The van der Waals surface area contributed by atoms with Gasteiger partial charge in [0, 0.05) is 30.2 Å². The van der Waals surface area contributed by atoms with Crippen molar-refractivity contribution in [2.75, 3.05) is 0 Å². The molecule has 0 amide bonds. The summed E-state index contributed by atoms with van der Waals surface area (Å²) in [6, 6.07) is 0. The Morgan fingerprint density at radius 1 is 1.33 bits per heavy atom. The van der Waals surface area contributed by atoms with Gasteiger partial charge in [0.25, 0.3) is 0 Å². The largest absolute Gasteiger partial charge is 0.469 e. The molecule has 0 saturated heterocycles. The highest BCUT2D eigenvalue weighted by atomic mass is 16.6. The smallest absolute Gasteiger partial charge is 0.309 e. The molecule has 0 spiro atoms. The summed E-state index contributed by atoms with van der Waals surface area (Å²) in [7, 11) is 0. The Morgan fingerprint density at radius 2 is 2.04 bits per heavy atom. The Kier molecular flexibility index (Phi) is 5.42. The van der Waals surface area contributed by atoms with E-state index in [0.717, 1.165) is 42.6 Å². The average Bonchev–Trinajstić information content (AvgIpc) is 2.98. The van der Waals surface area contributed by atoms with Crippen molar-refractivity contribution < 1.29 is 23.5 Å². The Bertz CT molecular complexity index is 720. The maximum Gasteiger partial charge on any atom is 0.309 e. The molecule has 1 fully saturated rings. The van der Waals surface area contributed by atoms with Gasteiger partial charge >= 0.3 is 11.9 Å². The normalized spacial score (nSPS) is 33.6. The van der Waals surface area contributed by atoms with Crippen LogP contribution in [0.1, 0.15) is 76.9 Å². The number of aryl methyl sites for hydroxylation is 1. The zero-order chi connectivity index (χ0) is 19.9. The third-order valence-electron chi connectivity index (χ3n) is 7.15. The van der Waals surface area contributed by atoms with Crippen molar-refractivity contribution in [2.24, 2.45) is 23.2 Å². The lowest BCUT2D eigenvalue weighted by atomic mass is 9.53. The summed E-state index contributed by atoms with van der Waals surface area (Å²) in [6.45, 7) is 11.7. The number of fused-ring (bicyclic) bond motifs is 2. The van der Waals surface area contributed by atoms with Crippen LogP contribution in [0.25, 0.3) is 0 Å². The first kappa shape index (κ1) is 20.0. The molecular formula is C22H32O5. The van der Waals surface area contributed by atoms with Crippen LogP contribution in [-0.2, 0) is 25.5 Å². The molecule has 3 rings (SSSR count). The first-order valence-corrected chi connectivity index (χ1v) is 10.1. The number of furan rings is 1. The molecule has 0 bridgehead atoms. The van der Waals surface area contributed by atoms with E-state index < -0.39 is 0 Å². The summed E-state index contributed by atoms with van der Waals surface area (Å²) in [5, 5.41) is 0. The van der Waals surface area contributed by atoms with Crippen LogP contribution in [0.3, 0.4) is 0 Å². The molecule has 2 aliphatic carbocycles. The summed E-state index contributed by atoms with van der Waals surface area (Å²) < 4.78 is 17.6. The number of rotatable bonds is 4. The second-order valence-corrected chi connectivity index (χ2v) is 8.66. The third kappa shape index (κ3) is 3.30. The average molecular weight is 376 g/mol. The molecule has 0 aliphatic heterocycles. The summed E-state index contributed by atoms with van der Waals surface area (Å²) in [5.74, 6) is 0.781. The second kappa shape index (κ2) is 7.33. The van der Waals surface area contributed by atoms with Gasteiger partial charge in [-0.25, -0.2) is 0 Å². The number of hydrogen-bond donors (Lipinski definition) is 0. The van der Waals surface area contributed by atoms with Crippen molar-refractivity contribution in [3.8, 4) is 0 Å². The van der Waals surface area contributed by atoms with Crippen LogP contribution in [0.5, 0.6) is 0 Å². The lowest BCUT2D eigenvalue weighted by Crippen LogP contribution is -2.53. The minimum Gasteiger partial charge on any atom is -0.469 e. The minimum atomic E-state index is -0.375. The van der Waals surface area contributed by atoms with Gasteiger partial charge in [0.1, 0.15) is 18.0 Å². The molecular weight excluding hydrogens is 344 g/mol. The number of carbonyl (C=O) groups excluding carboxylic acids is 2. The molecule has 1 heterocycles. The molecule has 5 heteroatoms. The minimum absolute atomic E-state index is 0.0809. The van der Waals surface area contributed by atoms with Crippen molar-refractivity contribution in [2.45, 2.75) is 79.4 Å². The topological polar surface area (TPSA) is 65.7 Å². The fourth-order valence-electron chi connectivity index (χ4n) is 4.98. The van der Waals surface area contributed by atoms with E-state index in [1.807, 2.05) is 20.8 Å². The molecule has 1 aromatic heterocycles. The number of esters is 2. The van der Waals surface area contributed by atoms with Crippen molar-refractivity contribution in [3.05, 3.63) is 23.2 Å². The van der Waals surface area contributed by atoms with Gasteiger partial charge in [-0.1, -0.05) is 27.7 Å². The van der Waals surface area contributed by atoms with Crippen molar-refractivity contribution in [1.29, 1.82) is 0 Å². The molecule has 1 aromatic rings. The lowest BCUT2D eigenvalue weighted by Gasteiger charge is -2.54. The van der Waals surface area contributed by atoms with Gasteiger partial charge in [-0.05, 0) is 37.7 Å². The molecule has 1 saturated carbocycles. The van der Waals surface area contributed by atoms with E-state index in [1.165, 1.54) is 6.92 Å². The van der Waals surface area contributed by atoms with Gasteiger partial charge in [0.05, 0.1) is 12.2 Å². The number of hydrogen-bond acceptors (Lipinski definition) is 5. The van der Waals surface area contributed by atoms with Gasteiger partial charge in [-0.2, -0.15) is 0 Å². The van der Waals surface area contributed by atoms with E-state index in [2.05, 4.69) is 13.8 Å². The molecule has 0 N–H and O–H groups in total. The zero-order valence-corrected chi connectivity index (χ0v) is 17.3. The Labute approximate surface area is 161 Å². The molecule has 2 aliphatic rings. The van der Waals surface area contributed by atoms with Crippen LogP contribution >= 0.6 is 0 Å². The van der Waals surface area contributed by atoms with Gasteiger partial charge in [0.2, 0.25) is 0 Å². The fraction of sp³-hybridized carbons (Fsp3) is 0.727. The van der Waals surface area contributed by atoms with Crippen molar-refractivity contribution in [1.82, 2.24) is 0 Å². The maximum atomic E-state index is 12.7. The van der Waals surface area contributed by atoms with Gasteiger partial charge in [-0.3, -0.25) is 9.59 Å². The second-order valence-electron chi connectivity index (χ2n) is 8.66. The third-order valence-corrected chi connectivity index (χ3v) is 7.15. The fourth-order valence-corrected chi connectivity index (χ4v) is 4.98. The van der Waals surface area contributed by atoms with E-state index in [9.17, 15) is 9.59 Å². The van der Waals surface area contributed by atoms with Crippen molar-refractivity contribution >= 4 is 11.9 Å². The summed E-state index contributed by atoms with van der Waals surface area (Å²) >= 11 is 0. The van der Waals surface area contributed by atoms with Crippen LogP contribution in [0.2, 0.25) is 0 Å². The summed E-state index contributed by atoms with van der Waals surface area (Å²) in [4.78, 5) is 24.3. The molecule has 27 heavy (non-hydrogen) atoms. The first-order valence-electron chi connectivity index (χ1n) is 10.1. The molecule has 6 atom stereocenters. The molecule has 150 valence electrons. The molecule has 5 nitrogen and oxygen atoms in total. The van der Waals surface area contributed by atoms with Crippen LogP contribution in [0, 0.1) is 30.1 Å². The van der Waals surface area contributed by atoms with Gasteiger partial charge < -0.3 is 13.9 Å². The molecule has 0 aromatic carbocycles. The van der Waals surface area contributed by atoms with E-state index in [4.69, 9.17) is 13.9 Å². The van der Waals surface area contributed by atoms with Crippen LogP contribution in [0.15, 0.2) is 10.7 Å². The SMILES string of the molecule is CCC(C)C(=O)O[C@@H]1c2c(C)coc2C[C@H]2CC[C@H](OC(C)=O)[C@H](C)[C@]21C. The van der Waals surface area contributed by atoms with E-state index in [-0.39, 0.29) is 41.4 Å². The zero-order valence-electron chi connectivity index (χ0n) is 17.3. The predicted molar refractivity (Wildman–Crippen MR) is 101 cm³/mol. The van der Waals surface area contributed by atoms with E-state index in [0.29, 0.717) is 5.92 Å². The maximum absolute atomic E-state index is 12.7. The van der Waals surface area contributed by atoms with Crippen molar-refractivity contribution in [3.63, 3.8) is 0 Å². The van der Waals surface area contributed by atoms with Crippen LogP contribution < -0.4 is 0 Å². The Balaban J connectivity index is 2.02. The highest BCUT2D eigenvalue weighted by Crippen LogP contribution is 2.60. The van der Waals surface area contributed by atoms with E-state index >= 15 is 0 Å². The quantitative estimate of drug-likeness (QED) is 0.709. The summed E-state index contributed by atoms with van der Waals surface area (Å²) in [6.07, 6.45) is 4.59. The van der Waals surface area contributed by atoms with Gasteiger partial charge in [0.15, 0.2) is 0 Å². The molecule has 0 radical (unpaired) electrons. The predicted octanol–water partition coefficient (Wildman–Crippen LogP) is 4.76. The highest BCUT2D eigenvalue weighted by Gasteiger charge is 2.57. The standard InChI is InChI=1S/C22H32O5/c1-7-12(2)21(24)27-20-19-13(3)11-25-18(19)10-16-8-9-17(26-15(5)23)14(4)22(16,20)6/h11-12,14,16-17,20H,7-10H2,1-6H3/t12?,14-,16+,17-,20+,22+/m0/s1. The van der Waals surface area contributed by atoms with Crippen LogP contribution in [-0.4, -0.2) is 18.0 Å². The Morgan fingerprint density at radius 3 is 2.67 bits per heavy atom. The first-order chi connectivity index (χ1) is 12.7. The van der Waals surface area contributed by atoms with E-state index in [1.54, 1.807) is 6.26 Å². The lowest BCUT2D eigenvalue weighted by molar-refractivity contribution is -0.189. The number of carbonyl (C=O) groups is 2. The summed E-state index contributed by atoms with van der Waals surface area (Å²) in [5.41, 5.74) is 1.73. The Hall–Kier alpha value is -1.78. The van der Waals surface area contributed by atoms with Crippen LogP contribution in [0.4, 0.5) is 0 Å². The highest BCUT2D eigenvalue weighted by molar-refractivity contribution is 5.72. The molecule has 1 unspecified atom stereocenters.